The maximum Gasteiger partial charge on any atom is 0.253 e. The summed E-state index contributed by atoms with van der Waals surface area (Å²) in [6, 6.07) is 14.1. The first kappa shape index (κ1) is 13.8. The topological polar surface area (TPSA) is 44.1 Å². The van der Waals surface area contributed by atoms with Crippen LogP contribution >= 0.6 is 11.3 Å². The average molecular weight is 296 g/mol. The molecule has 1 aromatic carbocycles. The number of thiophene rings is 1. The Hall–Kier alpha value is -2.12. The summed E-state index contributed by atoms with van der Waals surface area (Å²) in [6.45, 7) is 1.31. The molecule has 3 rings (SSSR count). The van der Waals surface area contributed by atoms with Gasteiger partial charge in [0.2, 0.25) is 0 Å². The summed E-state index contributed by atoms with van der Waals surface area (Å²) in [4.78, 5) is 15.5. The van der Waals surface area contributed by atoms with Gasteiger partial charge in [0.15, 0.2) is 0 Å². The molecule has 2 aromatic rings. The van der Waals surface area contributed by atoms with E-state index in [-0.39, 0.29) is 11.8 Å². The van der Waals surface area contributed by atoms with Gasteiger partial charge in [-0.3, -0.25) is 4.79 Å². The molecule has 1 aliphatic rings. The molecule has 3 nitrogen and oxygen atoms in total. The number of hydrogen-bond acceptors (Lipinski definition) is 3. The lowest BCUT2D eigenvalue weighted by molar-refractivity contribution is 0.0699. The zero-order valence-electron chi connectivity index (χ0n) is 11.7. The van der Waals surface area contributed by atoms with E-state index in [2.05, 4.69) is 12.1 Å². The Morgan fingerprint density at radius 3 is 2.76 bits per heavy atom. The summed E-state index contributed by atoms with van der Waals surface area (Å²) < 4.78 is 0. The number of carbonyl (C=O) groups excluding carboxylic acids is 1. The van der Waals surface area contributed by atoms with Crippen LogP contribution in [0.5, 0.6) is 0 Å². The monoisotopic (exact) mass is 296 g/mol. The van der Waals surface area contributed by atoms with Gasteiger partial charge in [0.1, 0.15) is 0 Å². The van der Waals surface area contributed by atoms with Crippen molar-refractivity contribution in [3.8, 4) is 16.5 Å². The number of amides is 1. The first-order chi connectivity index (χ1) is 10.3. The Morgan fingerprint density at radius 2 is 2.10 bits per heavy atom. The van der Waals surface area contributed by atoms with Gasteiger partial charge >= 0.3 is 0 Å². The van der Waals surface area contributed by atoms with E-state index >= 15 is 0 Å². The van der Waals surface area contributed by atoms with Crippen molar-refractivity contribution in [1.29, 1.82) is 5.26 Å². The first-order valence-corrected chi connectivity index (χ1v) is 7.99. The molecule has 21 heavy (non-hydrogen) atoms. The maximum atomic E-state index is 12.5. The summed E-state index contributed by atoms with van der Waals surface area (Å²) in [5.74, 6) is 0.0146. The van der Waals surface area contributed by atoms with Crippen LogP contribution in [-0.4, -0.2) is 23.9 Å². The Morgan fingerprint density at radius 1 is 1.29 bits per heavy atom. The summed E-state index contributed by atoms with van der Waals surface area (Å²) in [6.07, 6.45) is 1.81. The van der Waals surface area contributed by atoms with Gasteiger partial charge in [-0.2, -0.15) is 5.26 Å². The van der Waals surface area contributed by atoms with E-state index in [0.717, 1.165) is 24.9 Å². The van der Waals surface area contributed by atoms with Crippen molar-refractivity contribution in [3.05, 3.63) is 47.3 Å². The molecular weight excluding hydrogens is 280 g/mol. The number of nitrogens with zero attached hydrogens (tertiary/aromatic N) is 2. The third-order valence-electron chi connectivity index (χ3n) is 3.83. The zero-order chi connectivity index (χ0) is 14.7. The van der Waals surface area contributed by atoms with Crippen molar-refractivity contribution < 1.29 is 4.79 Å². The molecule has 1 amide bonds. The van der Waals surface area contributed by atoms with Gasteiger partial charge in [-0.05, 0) is 42.0 Å². The van der Waals surface area contributed by atoms with Gasteiger partial charge in [-0.15, -0.1) is 11.3 Å². The predicted molar refractivity (Wildman–Crippen MR) is 84.0 cm³/mol. The van der Waals surface area contributed by atoms with Crippen LogP contribution in [0.2, 0.25) is 0 Å². The highest BCUT2D eigenvalue weighted by atomic mass is 32.1. The van der Waals surface area contributed by atoms with Crippen molar-refractivity contribution in [2.75, 3.05) is 13.1 Å². The molecule has 2 heterocycles. The normalized spacial score (nSPS) is 18.2. The minimum Gasteiger partial charge on any atom is -0.337 e. The Kier molecular flexibility index (Phi) is 4.03. The molecule has 0 unspecified atom stereocenters. The fourth-order valence-electron chi connectivity index (χ4n) is 2.67. The molecule has 0 spiro atoms. The second kappa shape index (κ2) is 6.11. The van der Waals surface area contributed by atoms with E-state index < -0.39 is 0 Å². The van der Waals surface area contributed by atoms with Gasteiger partial charge in [-0.1, -0.05) is 18.2 Å². The van der Waals surface area contributed by atoms with Crippen LogP contribution in [0, 0.1) is 17.2 Å². The fourth-order valence-corrected chi connectivity index (χ4v) is 3.40. The molecular formula is C17H16N2OS. The minimum absolute atomic E-state index is 0.0203. The molecule has 0 saturated carbocycles. The van der Waals surface area contributed by atoms with Crippen molar-refractivity contribution in [2.45, 2.75) is 12.8 Å². The fraction of sp³-hybridized carbons (Fsp3) is 0.294. The zero-order valence-corrected chi connectivity index (χ0v) is 12.5. The SMILES string of the molecule is N#C[C@H]1CCCN(C(=O)c2ccc(-c3cccs3)cc2)C1. The smallest absolute Gasteiger partial charge is 0.253 e. The van der Waals surface area contributed by atoms with Crippen molar-refractivity contribution >= 4 is 17.2 Å². The molecule has 1 fully saturated rings. The van der Waals surface area contributed by atoms with Crippen molar-refractivity contribution in [2.24, 2.45) is 5.92 Å². The quantitative estimate of drug-likeness (QED) is 0.846. The number of piperidine rings is 1. The lowest BCUT2D eigenvalue weighted by Crippen LogP contribution is -2.39. The number of nitriles is 1. The molecule has 1 aromatic heterocycles. The summed E-state index contributed by atoms with van der Waals surface area (Å²) in [5, 5.41) is 11.1. The van der Waals surface area contributed by atoms with Gasteiger partial charge in [-0.25, -0.2) is 0 Å². The number of hydrogen-bond donors (Lipinski definition) is 0. The number of rotatable bonds is 2. The van der Waals surface area contributed by atoms with E-state index in [0.29, 0.717) is 12.1 Å². The molecule has 0 radical (unpaired) electrons. The first-order valence-electron chi connectivity index (χ1n) is 7.11. The molecule has 1 saturated heterocycles. The second-order valence-corrected chi connectivity index (χ2v) is 6.22. The van der Waals surface area contributed by atoms with Crippen LogP contribution in [-0.2, 0) is 0 Å². The highest BCUT2D eigenvalue weighted by Gasteiger charge is 2.24. The van der Waals surface area contributed by atoms with Crippen LogP contribution in [0.15, 0.2) is 41.8 Å². The number of benzene rings is 1. The van der Waals surface area contributed by atoms with E-state index in [1.54, 1.807) is 16.2 Å². The molecule has 106 valence electrons. The van der Waals surface area contributed by atoms with E-state index in [1.165, 1.54) is 4.88 Å². The van der Waals surface area contributed by atoms with Crippen LogP contribution in [0.3, 0.4) is 0 Å². The third-order valence-corrected chi connectivity index (χ3v) is 4.75. The third kappa shape index (κ3) is 2.98. The minimum atomic E-state index is -0.0203. The maximum absolute atomic E-state index is 12.5. The van der Waals surface area contributed by atoms with Crippen LogP contribution in [0.25, 0.3) is 10.4 Å². The van der Waals surface area contributed by atoms with Gasteiger partial charge in [0, 0.05) is 23.5 Å². The highest BCUT2D eigenvalue weighted by molar-refractivity contribution is 7.13. The van der Waals surface area contributed by atoms with Crippen molar-refractivity contribution in [3.63, 3.8) is 0 Å². The van der Waals surface area contributed by atoms with Crippen LogP contribution in [0.4, 0.5) is 0 Å². The predicted octanol–water partition coefficient (Wildman–Crippen LogP) is 3.79. The molecule has 1 aliphatic heterocycles. The highest BCUT2D eigenvalue weighted by Crippen LogP contribution is 2.25. The summed E-state index contributed by atoms with van der Waals surface area (Å²) in [7, 11) is 0. The van der Waals surface area contributed by atoms with Gasteiger partial charge in [0.05, 0.1) is 12.0 Å². The number of likely N-dealkylation sites (tertiary alicyclic amines) is 1. The molecule has 0 bridgehead atoms. The molecule has 0 aliphatic carbocycles. The summed E-state index contributed by atoms with van der Waals surface area (Å²) >= 11 is 1.69. The van der Waals surface area contributed by atoms with Crippen LogP contribution in [0.1, 0.15) is 23.2 Å². The standard InChI is InChI=1S/C17H16N2OS/c18-11-13-3-1-9-19(12-13)17(20)15-7-5-14(6-8-15)16-4-2-10-21-16/h2,4-8,10,13H,1,3,9,12H2/t13-/m1/s1. The van der Waals surface area contributed by atoms with Crippen LogP contribution < -0.4 is 0 Å². The van der Waals surface area contributed by atoms with Crippen molar-refractivity contribution in [1.82, 2.24) is 4.90 Å². The molecule has 4 heteroatoms. The van der Waals surface area contributed by atoms with E-state index in [9.17, 15) is 4.79 Å². The van der Waals surface area contributed by atoms with Gasteiger partial charge in [0.25, 0.3) is 5.91 Å². The Labute approximate surface area is 128 Å². The van der Waals surface area contributed by atoms with Gasteiger partial charge < -0.3 is 4.90 Å². The summed E-state index contributed by atoms with van der Waals surface area (Å²) in [5.41, 5.74) is 1.84. The lowest BCUT2D eigenvalue weighted by atomic mass is 9.99. The lowest BCUT2D eigenvalue weighted by Gasteiger charge is -2.29. The van der Waals surface area contributed by atoms with E-state index in [1.807, 2.05) is 35.7 Å². The second-order valence-electron chi connectivity index (χ2n) is 5.27. The average Bonchev–Trinajstić information content (AvgIpc) is 3.09. The Bertz CT molecular complexity index is 655. The molecule has 1 atom stereocenters. The Balaban J connectivity index is 1.75. The van der Waals surface area contributed by atoms with E-state index in [4.69, 9.17) is 5.26 Å². The largest absolute Gasteiger partial charge is 0.337 e. The molecule has 0 N–H and O–H groups in total. The number of carbonyl (C=O) groups is 1.